The Bertz CT molecular complexity index is 890. The summed E-state index contributed by atoms with van der Waals surface area (Å²) in [4.78, 5) is 23.5. The van der Waals surface area contributed by atoms with Crippen molar-refractivity contribution >= 4 is 5.97 Å². The van der Waals surface area contributed by atoms with Gasteiger partial charge in [0.1, 0.15) is 0 Å². The third-order valence-corrected chi connectivity index (χ3v) is 3.79. The van der Waals surface area contributed by atoms with E-state index in [4.69, 9.17) is 5.11 Å². The predicted molar refractivity (Wildman–Crippen MR) is 87.3 cm³/mol. The number of aryl methyl sites for hydroxylation is 1. The first-order chi connectivity index (χ1) is 11.1. The smallest absolute Gasteiger partial charge is 0.335 e. The fraction of sp³-hybridized carbons (Fsp3) is 0.111. The first kappa shape index (κ1) is 14.8. The van der Waals surface area contributed by atoms with Crippen molar-refractivity contribution in [2.24, 2.45) is 0 Å². The molecule has 5 heteroatoms. The average molecular weight is 308 g/mol. The Morgan fingerprint density at radius 2 is 1.74 bits per heavy atom. The molecule has 1 heterocycles. The molecule has 0 aliphatic rings. The molecule has 3 rings (SSSR count). The molecule has 2 N–H and O–H groups in total. The number of H-pyrrole nitrogens is 1. The third kappa shape index (κ3) is 2.94. The van der Waals surface area contributed by atoms with Crippen molar-refractivity contribution in [2.75, 3.05) is 0 Å². The highest BCUT2D eigenvalue weighted by molar-refractivity contribution is 5.87. The Hall–Kier alpha value is -3.08. The molecule has 5 nitrogen and oxygen atoms in total. The second kappa shape index (κ2) is 5.96. The van der Waals surface area contributed by atoms with Gasteiger partial charge in [-0.2, -0.15) is 0 Å². The van der Waals surface area contributed by atoms with Crippen LogP contribution in [-0.4, -0.2) is 20.9 Å². The van der Waals surface area contributed by atoms with Gasteiger partial charge in [0.2, 0.25) is 0 Å². The summed E-state index contributed by atoms with van der Waals surface area (Å²) >= 11 is 0. The minimum absolute atomic E-state index is 0.116. The minimum atomic E-state index is -0.990. The van der Waals surface area contributed by atoms with Crippen LogP contribution in [0.15, 0.2) is 59.4 Å². The summed E-state index contributed by atoms with van der Waals surface area (Å²) in [6, 6.07) is 16.0. The molecule has 116 valence electrons. The molecule has 0 spiro atoms. The molecular weight excluding hydrogens is 292 g/mol. The van der Waals surface area contributed by atoms with Crippen LogP contribution in [-0.2, 0) is 6.42 Å². The highest BCUT2D eigenvalue weighted by Crippen LogP contribution is 2.12. The van der Waals surface area contributed by atoms with Crippen LogP contribution in [0.1, 0.15) is 27.2 Å². The van der Waals surface area contributed by atoms with E-state index in [0.717, 1.165) is 11.3 Å². The lowest BCUT2D eigenvalue weighted by atomic mass is 10.1. The fourth-order valence-electron chi connectivity index (χ4n) is 2.52. The molecule has 23 heavy (non-hydrogen) atoms. The monoisotopic (exact) mass is 308 g/mol. The van der Waals surface area contributed by atoms with Crippen LogP contribution < -0.4 is 5.56 Å². The zero-order valence-electron chi connectivity index (χ0n) is 12.6. The second-order valence-electron chi connectivity index (χ2n) is 5.37. The molecule has 0 saturated heterocycles. The van der Waals surface area contributed by atoms with Crippen LogP contribution in [0.3, 0.4) is 0 Å². The lowest BCUT2D eigenvalue weighted by Crippen LogP contribution is -2.17. The third-order valence-electron chi connectivity index (χ3n) is 3.79. The first-order valence-corrected chi connectivity index (χ1v) is 7.24. The van der Waals surface area contributed by atoms with Gasteiger partial charge in [0.25, 0.3) is 5.56 Å². The highest BCUT2D eigenvalue weighted by Gasteiger charge is 2.13. The van der Waals surface area contributed by atoms with Gasteiger partial charge in [-0.05, 0) is 36.8 Å². The maximum Gasteiger partial charge on any atom is 0.335 e. The summed E-state index contributed by atoms with van der Waals surface area (Å²) in [7, 11) is 0. The molecule has 0 bridgehead atoms. The number of aromatic carboxylic acids is 1. The standard InChI is InChI=1S/C18H16N2O3/c1-12-16(11-13-5-3-2-4-6-13)17(21)20(19-12)15-9-7-14(8-10-15)18(22)23/h2-10,19H,11H2,1H3,(H,22,23). The maximum absolute atomic E-state index is 12.6. The highest BCUT2D eigenvalue weighted by atomic mass is 16.4. The minimum Gasteiger partial charge on any atom is -0.478 e. The van der Waals surface area contributed by atoms with Gasteiger partial charge < -0.3 is 5.11 Å². The molecule has 0 saturated carbocycles. The van der Waals surface area contributed by atoms with Crippen molar-refractivity contribution in [1.29, 1.82) is 0 Å². The first-order valence-electron chi connectivity index (χ1n) is 7.24. The molecule has 0 atom stereocenters. The van der Waals surface area contributed by atoms with Crippen LogP contribution in [0.25, 0.3) is 5.69 Å². The maximum atomic E-state index is 12.6. The zero-order chi connectivity index (χ0) is 16.4. The molecule has 0 fully saturated rings. The van der Waals surface area contributed by atoms with E-state index < -0.39 is 5.97 Å². The van der Waals surface area contributed by atoms with Gasteiger partial charge in [0.05, 0.1) is 11.3 Å². The molecule has 0 aliphatic carbocycles. The Morgan fingerprint density at radius 1 is 1.09 bits per heavy atom. The molecule has 0 amide bonds. The lowest BCUT2D eigenvalue weighted by Gasteiger charge is -2.02. The van der Waals surface area contributed by atoms with E-state index in [1.807, 2.05) is 37.3 Å². The number of carboxylic acid groups (broad SMARTS) is 1. The van der Waals surface area contributed by atoms with Crippen LogP contribution in [0.5, 0.6) is 0 Å². The van der Waals surface area contributed by atoms with Gasteiger partial charge in [0.15, 0.2) is 0 Å². The van der Waals surface area contributed by atoms with Crippen molar-refractivity contribution in [1.82, 2.24) is 9.78 Å². The van der Waals surface area contributed by atoms with Crippen LogP contribution >= 0.6 is 0 Å². The Morgan fingerprint density at radius 3 is 2.35 bits per heavy atom. The van der Waals surface area contributed by atoms with Crippen LogP contribution in [0.4, 0.5) is 0 Å². The number of benzene rings is 2. The molecule has 0 radical (unpaired) electrons. The molecule has 0 aliphatic heterocycles. The number of nitrogens with one attached hydrogen (secondary N) is 1. The van der Waals surface area contributed by atoms with E-state index in [9.17, 15) is 9.59 Å². The number of carbonyl (C=O) groups is 1. The van der Waals surface area contributed by atoms with Crippen molar-refractivity contribution in [2.45, 2.75) is 13.3 Å². The van der Waals surface area contributed by atoms with Crippen molar-refractivity contribution < 1.29 is 9.90 Å². The number of aromatic amines is 1. The van der Waals surface area contributed by atoms with E-state index in [2.05, 4.69) is 5.10 Å². The quantitative estimate of drug-likeness (QED) is 0.778. The van der Waals surface area contributed by atoms with Gasteiger partial charge in [-0.25, -0.2) is 9.48 Å². The van der Waals surface area contributed by atoms with Crippen LogP contribution in [0, 0.1) is 6.92 Å². The summed E-state index contributed by atoms with van der Waals surface area (Å²) in [5.41, 5.74) is 3.27. The van der Waals surface area contributed by atoms with Gasteiger partial charge in [0, 0.05) is 17.7 Å². The molecule has 3 aromatic rings. The van der Waals surface area contributed by atoms with Gasteiger partial charge in [-0.15, -0.1) is 0 Å². The molecule has 1 aromatic heterocycles. The van der Waals surface area contributed by atoms with Gasteiger partial charge in [-0.3, -0.25) is 9.89 Å². The van der Waals surface area contributed by atoms with Gasteiger partial charge in [-0.1, -0.05) is 30.3 Å². The average Bonchev–Trinajstić information content (AvgIpc) is 2.84. The fourth-order valence-corrected chi connectivity index (χ4v) is 2.52. The summed E-state index contributed by atoms with van der Waals surface area (Å²) in [6.45, 7) is 1.86. The van der Waals surface area contributed by atoms with Crippen molar-refractivity contribution in [3.05, 3.63) is 87.3 Å². The second-order valence-corrected chi connectivity index (χ2v) is 5.37. The Labute approximate surface area is 132 Å². The van der Waals surface area contributed by atoms with Crippen LogP contribution in [0.2, 0.25) is 0 Å². The summed E-state index contributed by atoms with van der Waals surface area (Å²) in [5.74, 6) is -0.990. The summed E-state index contributed by atoms with van der Waals surface area (Å²) < 4.78 is 1.44. The van der Waals surface area contributed by atoms with E-state index >= 15 is 0 Å². The van der Waals surface area contributed by atoms with E-state index in [1.54, 1.807) is 12.1 Å². The van der Waals surface area contributed by atoms with Crippen molar-refractivity contribution in [3.8, 4) is 5.69 Å². The van der Waals surface area contributed by atoms with Gasteiger partial charge >= 0.3 is 5.97 Å². The number of hydrogen-bond donors (Lipinski definition) is 2. The number of rotatable bonds is 4. The molecule has 0 unspecified atom stereocenters. The van der Waals surface area contributed by atoms with E-state index in [0.29, 0.717) is 17.7 Å². The topological polar surface area (TPSA) is 75.1 Å². The largest absolute Gasteiger partial charge is 0.478 e. The van der Waals surface area contributed by atoms with E-state index in [-0.39, 0.29) is 11.1 Å². The Balaban J connectivity index is 1.97. The number of nitrogens with zero attached hydrogens (tertiary/aromatic N) is 1. The number of hydrogen-bond acceptors (Lipinski definition) is 2. The summed E-state index contributed by atoms with van der Waals surface area (Å²) in [6.07, 6.45) is 0.558. The Kier molecular flexibility index (Phi) is 3.85. The lowest BCUT2D eigenvalue weighted by molar-refractivity contribution is 0.0697. The van der Waals surface area contributed by atoms with E-state index in [1.165, 1.54) is 16.8 Å². The normalized spacial score (nSPS) is 10.7. The predicted octanol–water partition coefficient (Wildman–Crippen LogP) is 2.76. The summed E-state index contributed by atoms with van der Waals surface area (Å²) in [5, 5.41) is 12.0. The number of carboxylic acids is 1. The van der Waals surface area contributed by atoms with Crippen molar-refractivity contribution in [3.63, 3.8) is 0 Å². The SMILES string of the molecule is Cc1[nH]n(-c2ccc(C(=O)O)cc2)c(=O)c1Cc1ccccc1. The molecule has 2 aromatic carbocycles. The number of aromatic nitrogens is 2. The molecular formula is C18H16N2O3. The zero-order valence-corrected chi connectivity index (χ0v) is 12.6.